The fraction of sp³-hybridized carbons (Fsp3) is 1.00. The first-order chi connectivity index (χ1) is 20.4. The molecule has 1 atom stereocenters. The van der Waals surface area contributed by atoms with Crippen molar-refractivity contribution in [3.8, 4) is 0 Å². The number of aliphatic hydroxyl groups is 1. The van der Waals surface area contributed by atoms with Gasteiger partial charge in [-0.2, -0.15) is 8.42 Å². The summed E-state index contributed by atoms with van der Waals surface area (Å²) in [6, 6.07) is 0. The molecule has 0 aromatic rings. The van der Waals surface area contributed by atoms with Crippen molar-refractivity contribution in [2.75, 3.05) is 6.61 Å². The van der Waals surface area contributed by atoms with Gasteiger partial charge < -0.3 is 5.11 Å². The number of hydrogen-bond donors (Lipinski definition) is 2. The normalized spacial score (nSPS) is 12.9. The Kier molecular flexibility index (Phi) is 32.1. The van der Waals surface area contributed by atoms with Crippen LogP contribution in [0.5, 0.6) is 0 Å². The monoisotopic (exact) mass is 619 g/mol. The molecule has 6 heteroatoms. The van der Waals surface area contributed by atoms with E-state index in [1.165, 1.54) is 154 Å². The minimum Gasteiger partial charge on any atom is -0.396 e. The maximum absolute atomic E-state index is 11.5. The van der Waals surface area contributed by atoms with Crippen LogP contribution in [-0.2, 0) is 14.6 Å². The molecule has 0 aliphatic heterocycles. The predicted octanol–water partition coefficient (Wildman–Crippen LogP) is 11.9. The summed E-state index contributed by atoms with van der Waals surface area (Å²) in [5.74, 6) is 0.0636. The molecule has 0 aromatic carbocycles. The summed E-state index contributed by atoms with van der Waals surface area (Å²) >= 11 is 0. The van der Waals surface area contributed by atoms with Crippen molar-refractivity contribution in [3.05, 3.63) is 0 Å². The minimum atomic E-state index is -4.52. The molecule has 254 valence electrons. The van der Waals surface area contributed by atoms with E-state index in [1.807, 2.05) is 0 Å². The largest absolute Gasteiger partial charge is 0.397 e. The van der Waals surface area contributed by atoms with Crippen LogP contribution in [0.2, 0.25) is 0 Å². The molecule has 0 spiro atoms. The van der Waals surface area contributed by atoms with Crippen LogP contribution in [0.25, 0.3) is 0 Å². The van der Waals surface area contributed by atoms with Gasteiger partial charge in [0.25, 0.3) is 0 Å². The Morgan fingerprint density at radius 1 is 0.452 bits per heavy atom. The summed E-state index contributed by atoms with van der Waals surface area (Å²) in [6.45, 7) is 4.41. The van der Waals surface area contributed by atoms with Crippen LogP contribution >= 0.6 is 0 Å². The zero-order valence-corrected chi connectivity index (χ0v) is 29.1. The average molecular weight is 619 g/mol. The third-order valence-corrected chi connectivity index (χ3v) is 9.53. The average Bonchev–Trinajstić information content (AvgIpc) is 2.95. The molecule has 0 radical (unpaired) electrons. The second kappa shape index (κ2) is 32.2. The highest BCUT2D eigenvalue weighted by Gasteiger charge is 2.26. The maximum atomic E-state index is 11.5. The van der Waals surface area contributed by atoms with E-state index in [4.69, 9.17) is 4.18 Å². The summed E-state index contributed by atoms with van der Waals surface area (Å²) in [6.07, 6.45) is 38.3. The molecule has 0 bridgehead atoms. The van der Waals surface area contributed by atoms with E-state index in [0.29, 0.717) is 0 Å². The molecular weight excluding hydrogens is 544 g/mol. The molecule has 2 N–H and O–H groups in total. The second-order valence-corrected chi connectivity index (χ2v) is 14.2. The van der Waals surface area contributed by atoms with Crippen molar-refractivity contribution in [1.29, 1.82) is 0 Å². The standard InChI is InChI=1S/C36H74O5S/c1-3-5-7-9-11-13-15-17-19-21-23-25-27-29-31-35(36(33-34-37)41-42(38,39)40)32-30-28-26-24-22-20-18-16-14-12-10-8-6-4-2/h35-37H,3-34H2,1-2H3,(H,38,39,40). The van der Waals surface area contributed by atoms with E-state index in [1.54, 1.807) is 0 Å². The molecule has 0 heterocycles. The smallest absolute Gasteiger partial charge is 0.396 e. The lowest BCUT2D eigenvalue weighted by atomic mass is 9.88. The van der Waals surface area contributed by atoms with Crippen LogP contribution in [0.3, 0.4) is 0 Å². The van der Waals surface area contributed by atoms with E-state index in [-0.39, 0.29) is 18.9 Å². The van der Waals surface area contributed by atoms with Crippen molar-refractivity contribution in [3.63, 3.8) is 0 Å². The van der Waals surface area contributed by atoms with Crippen molar-refractivity contribution >= 4 is 10.4 Å². The number of aliphatic hydroxyl groups excluding tert-OH is 1. The van der Waals surface area contributed by atoms with Gasteiger partial charge in [0.15, 0.2) is 0 Å². The molecule has 42 heavy (non-hydrogen) atoms. The van der Waals surface area contributed by atoms with Gasteiger partial charge >= 0.3 is 10.4 Å². The Balaban J connectivity index is 4.07. The lowest BCUT2D eigenvalue weighted by Crippen LogP contribution is -2.28. The zero-order chi connectivity index (χ0) is 31.0. The highest BCUT2D eigenvalue weighted by molar-refractivity contribution is 7.80. The lowest BCUT2D eigenvalue weighted by molar-refractivity contribution is 0.0826. The Morgan fingerprint density at radius 2 is 0.714 bits per heavy atom. The van der Waals surface area contributed by atoms with E-state index >= 15 is 0 Å². The molecule has 0 aromatic heterocycles. The maximum Gasteiger partial charge on any atom is 0.397 e. The third kappa shape index (κ3) is 31.3. The van der Waals surface area contributed by atoms with Crippen LogP contribution in [0.15, 0.2) is 0 Å². The molecule has 0 aliphatic rings. The Bertz CT molecular complexity index is 592. The summed E-state index contributed by atoms with van der Waals surface area (Å²) in [7, 11) is -4.52. The van der Waals surface area contributed by atoms with E-state index in [0.717, 1.165) is 38.5 Å². The van der Waals surface area contributed by atoms with Gasteiger partial charge in [-0.1, -0.05) is 194 Å². The summed E-state index contributed by atoms with van der Waals surface area (Å²) in [5.41, 5.74) is 0. The van der Waals surface area contributed by atoms with Crippen molar-refractivity contribution in [1.82, 2.24) is 0 Å². The van der Waals surface area contributed by atoms with Crippen molar-refractivity contribution in [2.45, 2.75) is 219 Å². The minimum absolute atomic E-state index is 0.0636. The molecule has 0 aliphatic carbocycles. The lowest BCUT2D eigenvalue weighted by Gasteiger charge is -2.25. The first kappa shape index (κ1) is 41.8. The van der Waals surface area contributed by atoms with Gasteiger partial charge in [0.1, 0.15) is 0 Å². The summed E-state index contributed by atoms with van der Waals surface area (Å²) < 4.78 is 37.3. The first-order valence-corrected chi connectivity index (χ1v) is 20.1. The van der Waals surface area contributed by atoms with E-state index in [9.17, 15) is 18.1 Å². The van der Waals surface area contributed by atoms with Gasteiger partial charge in [0.05, 0.1) is 6.10 Å². The highest BCUT2D eigenvalue weighted by Crippen LogP contribution is 2.27. The molecule has 5 nitrogen and oxygen atoms in total. The van der Waals surface area contributed by atoms with Gasteiger partial charge in [0.2, 0.25) is 0 Å². The van der Waals surface area contributed by atoms with Gasteiger partial charge in [-0.3, -0.25) is 4.55 Å². The Hall–Kier alpha value is -0.170. The van der Waals surface area contributed by atoms with E-state index < -0.39 is 16.5 Å². The number of unbranched alkanes of at least 4 members (excludes halogenated alkanes) is 26. The second-order valence-electron chi connectivity index (χ2n) is 13.1. The molecular formula is C36H74O5S. The van der Waals surface area contributed by atoms with Crippen LogP contribution in [0, 0.1) is 5.92 Å². The zero-order valence-electron chi connectivity index (χ0n) is 28.3. The molecule has 0 saturated heterocycles. The number of rotatable bonds is 35. The summed E-state index contributed by atoms with van der Waals surface area (Å²) in [5, 5.41) is 9.51. The topological polar surface area (TPSA) is 83.8 Å². The quantitative estimate of drug-likeness (QED) is 0.0545. The Morgan fingerprint density at radius 3 is 0.952 bits per heavy atom. The van der Waals surface area contributed by atoms with Gasteiger partial charge in [-0.25, -0.2) is 4.18 Å². The fourth-order valence-electron chi connectivity index (χ4n) is 6.36. The molecule has 0 saturated carbocycles. The SMILES string of the molecule is CCCCCCCCCCCCCCCCC(CCCCCCCCCCCCCCCC)C(CCO)OS(=O)(=O)O. The Labute approximate surface area is 263 Å². The highest BCUT2D eigenvalue weighted by atomic mass is 32.3. The third-order valence-electron chi connectivity index (χ3n) is 9.04. The van der Waals surface area contributed by atoms with Crippen LogP contribution in [0.1, 0.15) is 213 Å². The van der Waals surface area contributed by atoms with Crippen molar-refractivity contribution < 1.29 is 22.3 Å². The van der Waals surface area contributed by atoms with Crippen LogP contribution in [0.4, 0.5) is 0 Å². The fourth-order valence-corrected chi connectivity index (χ4v) is 6.93. The molecule has 0 rings (SSSR count). The van der Waals surface area contributed by atoms with Crippen LogP contribution < -0.4 is 0 Å². The van der Waals surface area contributed by atoms with Gasteiger partial charge in [-0.15, -0.1) is 0 Å². The predicted molar refractivity (Wildman–Crippen MR) is 181 cm³/mol. The van der Waals surface area contributed by atoms with Gasteiger partial charge in [-0.05, 0) is 25.2 Å². The number of hydrogen-bond acceptors (Lipinski definition) is 4. The van der Waals surface area contributed by atoms with Gasteiger partial charge in [0, 0.05) is 6.61 Å². The molecule has 0 fully saturated rings. The first-order valence-electron chi connectivity index (χ1n) is 18.7. The summed E-state index contributed by atoms with van der Waals surface area (Å²) in [4.78, 5) is 0. The molecule has 1 unspecified atom stereocenters. The van der Waals surface area contributed by atoms with E-state index in [2.05, 4.69) is 13.8 Å². The van der Waals surface area contributed by atoms with Crippen LogP contribution in [-0.4, -0.2) is 30.8 Å². The molecule has 0 amide bonds. The van der Waals surface area contributed by atoms with Crippen molar-refractivity contribution in [2.24, 2.45) is 5.92 Å².